The lowest BCUT2D eigenvalue weighted by molar-refractivity contribution is 0.101. The molecule has 0 aliphatic rings. The van der Waals surface area contributed by atoms with Gasteiger partial charge in [-0.05, 0) is 32.0 Å². The zero-order valence-electron chi connectivity index (χ0n) is 7.43. The topological polar surface area (TPSA) is 34.1 Å². The van der Waals surface area contributed by atoms with Gasteiger partial charge >= 0.3 is 0 Å². The Hall–Kier alpha value is -0.960. The van der Waals surface area contributed by atoms with Gasteiger partial charge in [-0.25, -0.2) is 0 Å². The van der Waals surface area contributed by atoms with Crippen molar-refractivity contribution >= 4 is 27.5 Å². The van der Waals surface area contributed by atoms with E-state index in [2.05, 4.69) is 15.9 Å². The zero-order valence-corrected chi connectivity index (χ0v) is 9.01. The first-order chi connectivity index (χ1) is 6.00. The molecule has 1 aromatic rings. The first kappa shape index (κ1) is 10.1. The van der Waals surface area contributed by atoms with Crippen LogP contribution in [0.4, 0.5) is 0 Å². The molecule has 0 aliphatic heterocycles. The fourth-order valence-corrected chi connectivity index (χ4v) is 1.49. The standard InChI is InChI=1S/C10H9BrO2/c1-6(12)8-3-9(7(2)13)5-10(11)4-8/h3-5H,1-2H3. The Bertz CT molecular complexity index is 337. The van der Waals surface area contributed by atoms with E-state index < -0.39 is 0 Å². The molecule has 2 nitrogen and oxygen atoms in total. The summed E-state index contributed by atoms with van der Waals surface area (Å²) in [4.78, 5) is 22.1. The summed E-state index contributed by atoms with van der Waals surface area (Å²) in [5.41, 5.74) is 1.11. The summed E-state index contributed by atoms with van der Waals surface area (Å²) in [6, 6.07) is 5.01. The zero-order chi connectivity index (χ0) is 10.0. The molecule has 0 aromatic heterocycles. The summed E-state index contributed by atoms with van der Waals surface area (Å²) < 4.78 is 0.755. The van der Waals surface area contributed by atoms with Gasteiger partial charge < -0.3 is 0 Å². The van der Waals surface area contributed by atoms with E-state index in [1.165, 1.54) is 13.8 Å². The van der Waals surface area contributed by atoms with Crippen molar-refractivity contribution in [2.45, 2.75) is 13.8 Å². The van der Waals surface area contributed by atoms with Gasteiger partial charge in [-0.3, -0.25) is 9.59 Å². The first-order valence-corrected chi connectivity index (χ1v) is 4.62. The van der Waals surface area contributed by atoms with Crippen molar-refractivity contribution in [2.24, 2.45) is 0 Å². The number of ketones is 2. The molecule has 0 atom stereocenters. The number of hydrogen-bond acceptors (Lipinski definition) is 2. The predicted octanol–water partition coefficient (Wildman–Crippen LogP) is 2.85. The fourth-order valence-electron chi connectivity index (χ4n) is 0.996. The molecule has 0 N–H and O–H groups in total. The SMILES string of the molecule is CC(=O)c1cc(Br)cc(C(C)=O)c1. The summed E-state index contributed by atoms with van der Waals surface area (Å²) in [5, 5.41) is 0. The molecule has 68 valence electrons. The third-order valence-corrected chi connectivity index (χ3v) is 2.17. The highest BCUT2D eigenvalue weighted by atomic mass is 79.9. The second kappa shape index (κ2) is 3.83. The number of benzene rings is 1. The fraction of sp³-hybridized carbons (Fsp3) is 0.200. The van der Waals surface area contributed by atoms with Crippen LogP contribution in [0.15, 0.2) is 22.7 Å². The van der Waals surface area contributed by atoms with E-state index in [1.807, 2.05) is 0 Å². The molecule has 0 spiro atoms. The summed E-state index contributed by atoms with van der Waals surface area (Å²) in [7, 11) is 0. The van der Waals surface area contributed by atoms with Crippen LogP contribution in [0.25, 0.3) is 0 Å². The molecule has 0 saturated carbocycles. The minimum atomic E-state index is -0.0381. The number of carbonyl (C=O) groups excluding carboxylic acids is 2. The molecule has 0 radical (unpaired) electrons. The molecule has 0 bridgehead atoms. The second-order valence-corrected chi connectivity index (χ2v) is 3.76. The largest absolute Gasteiger partial charge is 0.295 e. The van der Waals surface area contributed by atoms with E-state index in [9.17, 15) is 9.59 Å². The van der Waals surface area contributed by atoms with Gasteiger partial charge in [0.25, 0.3) is 0 Å². The van der Waals surface area contributed by atoms with Crippen LogP contribution in [-0.2, 0) is 0 Å². The van der Waals surface area contributed by atoms with Gasteiger partial charge in [0.05, 0.1) is 0 Å². The lowest BCUT2D eigenvalue weighted by Crippen LogP contribution is -1.98. The van der Waals surface area contributed by atoms with Crippen LogP contribution in [-0.4, -0.2) is 11.6 Å². The van der Waals surface area contributed by atoms with Crippen LogP contribution < -0.4 is 0 Å². The van der Waals surface area contributed by atoms with E-state index in [0.717, 1.165) is 4.47 Å². The molecule has 0 heterocycles. The molecule has 1 aromatic carbocycles. The second-order valence-electron chi connectivity index (χ2n) is 2.84. The van der Waals surface area contributed by atoms with E-state index in [0.29, 0.717) is 11.1 Å². The van der Waals surface area contributed by atoms with Crippen molar-refractivity contribution in [3.63, 3.8) is 0 Å². The molecule has 0 amide bonds. The van der Waals surface area contributed by atoms with Crippen LogP contribution in [0.2, 0.25) is 0 Å². The normalized spacial score (nSPS) is 9.77. The molecular formula is C10H9BrO2. The van der Waals surface area contributed by atoms with Crippen molar-refractivity contribution in [1.82, 2.24) is 0 Å². The third kappa shape index (κ3) is 2.49. The number of hydrogen-bond donors (Lipinski definition) is 0. The number of carbonyl (C=O) groups is 2. The van der Waals surface area contributed by atoms with E-state index in [-0.39, 0.29) is 11.6 Å². The first-order valence-electron chi connectivity index (χ1n) is 3.83. The molecule has 0 unspecified atom stereocenters. The van der Waals surface area contributed by atoms with Crippen molar-refractivity contribution in [2.75, 3.05) is 0 Å². The van der Waals surface area contributed by atoms with Gasteiger partial charge in [-0.2, -0.15) is 0 Å². The van der Waals surface area contributed by atoms with Crippen LogP contribution in [0.5, 0.6) is 0 Å². The van der Waals surface area contributed by atoms with Crippen LogP contribution in [0, 0.1) is 0 Å². The van der Waals surface area contributed by atoms with Crippen LogP contribution in [0.3, 0.4) is 0 Å². The molecule has 1 rings (SSSR count). The van der Waals surface area contributed by atoms with Gasteiger partial charge in [-0.15, -0.1) is 0 Å². The predicted molar refractivity (Wildman–Crippen MR) is 54.2 cm³/mol. The maximum Gasteiger partial charge on any atom is 0.159 e. The van der Waals surface area contributed by atoms with Crippen LogP contribution in [0.1, 0.15) is 34.6 Å². The Morgan fingerprint density at radius 2 is 1.38 bits per heavy atom. The molecule has 3 heteroatoms. The Morgan fingerprint density at radius 3 is 1.69 bits per heavy atom. The Kier molecular flexibility index (Phi) is 2.98. The van der Waals surface area contributed by atoms with Crippen molar-refractivity contribution < 1.29 is 9.59 Å². The molecule has 13 heavy (non-hydrogen) atoms. The van der Waals surface area contributed by atoms with Crippen molar-refractivity contribution in [3.8, 4) is 0 Å². The summed E-state index contributed by atoms with van der Waals surface area (Å²) >= 11 is 3.25. The van der Waals surface area contributed by atoms with E-state index in [1.54, 1.807) is 18.2 Å². The van der Waals surface area contributed by atoms with Gasteiger partial charge in [0.1, 0.15) is 0 Å². The van der Waals surface area contributed by atoms with Gasteiger partial charge in [-0.1, -0.05) is 15.9 Å². The Morgan fingerprint density at radius 1 is 1.00 bits per heavy atom. The lowest BCUT2D eigenvalue weighted by atomic mass is 10.1. The lowest BCUT2D eigenvalue weighted by Gasteiger charge is -2.00. The third-order valence-electron chi connectivity index (χ3n) is 1.71. The Balaban J connectivity index is 3.26. The van der Waals surface area contributed by atoms with E-state index in [4.69, 9.17) is 0 Å². The van der Waals surface area contributed by atoms with Gasteiger partial charge in [0.15, 0.2) is 11.6 Å². The smallest absolute Gasteiger partial charge is 0.159 e. The average molecular weight is 241 g/mol. The maximum atomic E-state index is 11.0. The summed E-state index contributed by atoms with van der Waals surface area (Å²) in [5.74, 6) is -0.0763. The van der Waals surface area contributed by atoms with Gasteiger partial charge in [0.2, 0.25) is 0 Å². The molecule has 0 saturated heterocycles. The minimum absolute atomic E-state index is 0.0381. The van der Waals surface area contributed by atoms with Crippen LogP contribution >= 0.6 is 15.9 Å². The van der Waals surface area contributed by atoms with Gasteiger partial charge in [0, 0.05) is 15.6 Å². The monoisotopic (exact) mass is 240 g/mol. The highest BCUT2D eigenvalue weighted by molar-refractivity contribution is 9.10. The van der Waals surface area contributed by atoms with E-state index >= 15 is 0 Å². The minimum Gasteiger partial charge on any atom is -0.295 e. The highest BCUT2D eigenvalue weighted by Gasteiger charge is 2.05. The number of halogens is 1. The maximum absolute atomic E-state index is 11.0. The quantitative estimate of drug-likeness (QED) is 0.746. The summed E-state index contributed by atoms with van der Waals surface area (Å²) in [6.07, 6.45) is 0. The molecule has 0 aliphatic carbocycles. The van der Waals surface area contributed by atoms with Crippen molar-refractivity contribution in [1.29, 1.82) is 0 Å². The van der Waals surface area contributed by atoms with Crippen molar-refractivity contribution in [3.05, 3.63) is 33.8 Å². The molecular weight excluding hydrogens is 232 g/mol. The molecule has 0 fully saturated rings. The highest BCUT2D eigenvalue weighted by Crippen LogP contribution is 2.16. The summed E-state index contributed by atoms with van der Waals surface area (Å²) in [6.45, 7) is 2.96. The average Bonchev–Trinajstić information content (AvgIpc) is 2.03. The number of Topliss-reactive ketones (excluding diaryl/α,β-unsaturated/α-hetero) is 2. The Labute approximate surface area is 85.1 Å². The number of rotatable bonds is 2.